The van der Waals surface area contributed by atoms with Gasteiger partial charge in [-0.2, -0.15) is 0 Å². The van der Waals surface area contributed by atoms with Crippen molar-refractivity contribution in [2.24, 2.45) is 17.8 Å². The molecule has 0 radical (unpaired) electrons. The predicted octanol–water partition coefficient (Wildman–Crippen LogP) is 13.1. The number of benzene rings is 4. The Morgan fingerprint density at radius 2 is 1.07 bits per heavy atom. The van der Waals surface area contributed by atoms with E-state index in [1.54, 1.807) is 4.90 Å². The Hall–Kier alpha value is -4.96. The maximum Gasteiger partial charge on any atom is 0.412 e. The zero-order valence-corrected chi connectivity index (χ0v) is 61.5. The fourth-order valence-corrected chi connectivity index (χ4v) is 27.2. The molecule has 520 valence electrons. The smallest absolute Gasteiger partial charge is 0.412 e. The molecule has 4 aromatic rings. The summed E-state index contributed by atoms with van der Waals surface area (Å²) >= 11 is 0. The lowest BCUT2D eigenvalue weighted by Gasteiger charge is -2.53. The molecule has 0 N–H and O–H groups in total. The Balaban J connectivity index is 0.930. The number of Topliss-reactive ketones (excluding diaryl/α,β-unsaturated/α-hetero) is 2. The van der Waals surface area contributed by atoms with E-state index in [2.05, 4.69) is 190 Å². The second-order valence-corrected chi connectivity index (χ2v) is 41.4. The van der Waals surface area contributed by atoms with Crippen LogP contribution in [0.15, 0.2) is 146 Å². The van der Waals surface area contributed by atoms with Gasteiger partial charge >= 0.3 is 6.09 Å². The molecule has 4 aromatic carbocycles. The highest BCUT2D eigenvalue weighted by atomic mass is 28.4. The van der Waals surface area contributed by atoms with E-state index in [-0.39, 0.29) is 91.3 Å². The number of fused-ring (bicyclic) bond motifs is 7. The van der Waals surface area contributed by atoms with Crippen molar-refractivity contribution in [1.29, 1.82) is 0 Å². The normalized spacial score (nSPS) is 34.2. The largest absolute Gasteiger partial charge is 0.444 e. The second-order valence-electron chi connectivity index (χ2n) is 32.9. The number of carbonyl (C=O) groups is 3. The molecule has 0 aliphatic carbocycles. The van der Waals surface area contributed by atoms with E-state index in [9.17, 15) is 4.79 Å². The summed E-state index contributed by atoms with van der Waals surface area (Å²) in [6, 6.07) is 42.7. The Morgan fingerprint density at radius 3 is 1.64 bits per heavy atom. The molecule has 0 aromatic heterocycles. The van der Waals surface area contributed by atoms with Crippen LogP contribution in [0.2, 0.25) is 10.1 Å². The fourth-order valence-electron chi connectivity index (χ4n) is 17.8. The third kappa shape index (κ3) is 14.5. The Labute approximate surface area is 574 Å². The van der Waals surface area contributed by atoms with Crippen LogP contribution in [-0.2, 0) is 56.3 Å². The standard InChI is InChI=1S/C80H109NO13Si2/c1-50-42-57-38-40-65-51(2)43-56(85-65)37-36-54(82)46-70-72(93-95(78(8,9)10,60-28-20-16-21-29-60)61-30-22-17-23-31-61)73-74(90-70)75(94-96(79(11,12)13,62-32-24-18-25-33-62)63-34-26-19-27-35-63)71-66(89-73)41-39-58(87-71)44-55(83)45-64-53(4)67(88-69(64)48-68(86-57)52(50)3)47-59-49-81(80(14,15)91-59)76(84)92-77(5,6)7/h16-35,50,53,56-59,64-75H,2-3,36-49H2,1,4-15H3/t50-,53-,56?,57+,58-,59+,64?,65?,66+,67-,68?,69+,70-,71+,72+,73+,74-,75+/m1/s1. The van der Waals surface area contributed by atoms with E-state index in [1.807, 2.05) is 34.6 Å². The van der Waals surface area contributed by atoms with Crippen molar-refractivity contribution in [3.05, 3.63) is 146 Å². The molecule has 16 heteroatoms. The van der Waals surface area contributed by atoms with Crippen LogP contribution < -0.4 is 20.7 Å². The Bertz CT molecular complexity index is 3290. The second kappa shape index (κ2) is 28.2. The molecule has 12 rings (SSSR count). The van der Waals surface area contributed by atoms with Crippen molar-refractivity contribution in [3.8, 4) is 0 Å². The lowest BCUT2D eigenvalue weighted by atomic mass is 9.78. The number of rotatable bonds is 10. The molecular formula is C80H109NO13Si2. The minimum atomic E-state index is -3.41. The molecule has 8 heterocycles. The summed E-state index contributed by atoms with van der Waals surface area (Å²) in [5, 5.41) is 3.61. The molecule has 8 saturated heterocycles. The van der Waals surface area contributed by atoms with Crippen LogP contribution in [0, 0.1) is 17.8 Å². The maximum atomic E-state index is 15.4. The van der Waals surface area contributed by atoms with E-state index in [0.717, 1.165) is 51.2 Å². The molecule has 14 nitrogen and oxygen atoms in total. The molecule has 96 heavy (non-hydrogen) atoms. The van der Waals surface area contributed by atoms with Crippen LogP contribution in [0.3, 0.4) is 0 Å². The van der Waals surface area contributed by atoms with Gasteiger partial charge in [-0.3, -0.25) is 14.5 Å². The third-order valence-corrected chi connectivity index (χ3v) is 32.6. The summed E-state index contributed by atoms with van der Waals surface area (Å²) in [5.41, 5.74) is 0.527. The minimum Gasteiger partial charge on any atom is -0.444 e. The SMILES string of the molecule is C=C1CC2CCC(=O)C[C@H]3O[C@H]4[C@@H](O[Si](c5ccccc5)(c5ccccc5)C(C)(C)C)[C@H]5O[C@H](CC[C@@H]5O[C@H]4[C@H]3O[Si](c3ccccc3)(c3ccccc3)C(C)(C)C)CC(=O)CC3[C@H](CC4O[C@@H](CCC1O2)C[C@@H](C)C4=C)O[C@H](C[C@H]1CN(C(=O)OC(C)(C)C)C(C)(C)O1)[C@@H]3C. The number of ketones is 2. The van der Waals surface area contributed by atoms with E-state index < -0.39 is 93.0 Å². The first-order valence-corrected chi connectivity index (χ1v) is 39.9. The molecule has 8 fully saturated rings. The first-order valence-electron chi connectivity index (χ1n) is 36.1. The van der Waals surface area contributed by atoms with Gasteiger partial charge in [-0.05, 0) is 139 Å². The topological polar surface area (TPSA) is 147 Å². The predicted molar refractivity (Wildman–Crippen MR) is 379 cm³/mol. The molecule has 1 amide bonds. The number of carbonyl (C=O) groups excluding carboxylic acids is 3. The molecular weight excluding hydrogens is 1240 g/mol. The van der Waals surface area contributed by atoms with Crippen LogP contribution in [0.1, 0.15) is 173 Å². The lowest BCUT2D eigenvalue weighted by Crippen LogP contribution is -2.73. The van der Waals surface area contributed by atoms with Crippen LogP contribution in [0.25, 0.3) is 0 Å². The average molecular weight is 1350 g/mol. The van der Waals surface area contributed by atoms with Crippen molar-refractivity contribution in [3.63, 3.8) is 0 Å². The monoisotopic (exact) mass is 1350 g/mol. The van der Waals surface area contributed by atoms with E-state index in [1.165, 1.54) is 0 Å². The number of nitrogens with zero attached hydrogens (tertiary/aromatic N) is 1. The zero-order chi connectivity index (χ0) is 68.3. The number of hydrogen-bond acceptors (Lipinski definition) is 13. The number of ether oxygens (including phenoxy) is 8. The van der Waals surface area contributed by atoms with Crippen molar-refractivity contribution in [2.75, 3.05) is 6.54 Å². The third-order valence-electron chi connectivity index (χ3n) is 22.6. The number of hydrogen-bond donors (Lipinski definition) is 0. The number of amides is 1. The van der Waals surface area contributed by atoms with Crippen LogP contribution in [-0.4, -0.2) is 149 Å². The van der Waals surface area contributed by atoms with Crippen molar-refractivity contribution < 1.29 is 61.1 Å². The average Bonchev–Trinajstić information content (AvgIpc) is 1.36. The van der Waals surface area contributed by atoms with Gasteiger partial charge in [-0.25, -0.2) is 4.79 Å². The highest BCUT2D eigenvalue weighted by Gasteiger charge is 2.65. The van der Waals surface area contributed by atoms with E-state index >= 15 is 9.59 Å². The molecule has 0 spiro atoms. The van der Waals surface area contributed by atoms with Crippen molar-refractivity contribution >= 4 is 55.0 Å². The molecule has 8 aliphatic rings. The molecule has 8 bridgehead atoms. The van der Waals surface area contributed by atoms with Gasteiger partial charge in [0.2, 0.25) is 0 Å². The summed E-state index contributed by atoms with van der Waals surface area (Å²) in [6.07, 6.45) is -0.436. The summed E-state index contributed by atoms with van der Waals surface area (Å²) in [7, 11) is -6.76. The minimum absolute atomic E-state index is 0.0460. The highest BCUT2D eigenvalue weighted by molar-refractivity contribution is 7.00. The summed E-state index contributed by atoms with van der Waals surface area (Å²) in [5.74, 6) is 0.167. The highest BCUT2D eigenvalue weighted by Crippen LogP contribution is 2.50. The van der Waals surface area contributed by atoms with Crippen molar-refractivity contribution in [2.45, 2.75) is 286 Å². The summed E-state index contributed by atoms with van der Waals surface area (Å²) < 4.78 is 73.4. The van der Waals surface area contributed by atoms with Gasteiger partial charge in [0.25, 0.3) is 16.6 Å². The van der Waals surface area contributed by atoms with E-state index in [4.69, 9.17) is 46.7 Å². The van der Waals surface area contributed by atoms with Gasteiger partial charge in [0.05, 0.1) is 67.6 Å². The Kier molecular flexibility index (Phi) is 20.8. The summed E-state index contributed by atoms with van der Waals surface area (Å²) in [4.78, 5) is 45.9. The first kappa shape index (κ1) is 70.9. The quantitative estimate of drug-likeness (QED) is 0.110. The molecule has 18 atom stereocenters. The zero-order valence-electron chi connectivity index (χ0n) is 59.5. The van der Waals surface area contributed by atoms with Crippen LogP contribution >= 0.6 is 0 Å². The summed E-state index contributed by atoms with van der Waals surface area (Å²) in [6.45, 7) is 37.2. The van der Waals surface area contributed by atoms with Gasteiger partial charge in [0, 0.05) is 38.5 Å². The fraction of sp³-hybridized carbons (Fsp3) is 0.613. The van der Waals surface area contributed by atoms with Crippen LogP contribution in [0.5, 0.6) is 0 Å². The van der Waals surface area contributed by atoms with E-state index in [0.29, 0.717) is 51.5 Å². The van der Waals surface area contributed by atoms with Crippen LogP contribution in [0.4, 0.5) is 4.79 Å². The first-order chi connectivity index (χ1) is 45.5. The molecule has 8 aliphatic heterocycles. The lowest BCUT2D eigenvalue weighted by molar-refractivity contribution is -0.254. The molecule has 4 unspecified atom stereocenters. The van der Waals surface area contributed by atoms with Crippen molar-refractivity contribution in [1.82, 2.24) is 4.90 Å². The van der Waals surface area contributed by atoms with Gasteiger partial charge in [0.1, 0.15) is 53.4 Å². The van der Waals surface area contributed by atoms with Gasteiger partial charge in [0.15, 0.2) is 0 Å². The van der Waals surface area contributed by atoms with Gasteiger partial charge < -0.3 is 46.7 Å². The van der Waals surface area contributed by atoms with Gasteiger partial charge in [-0.1, -0.05) is 190 Å². The van der Waals surface area contributed by atoms with Gasteiger partial charge in [-0.15, -0.1) is 0 Å². The Morgan fingerprint density at radius 1 is 0.552 bits per heavy atom. The maximum absolute atomic E-state index is 15.4. The molecule has 0 saturated carbocycles.